The van der Waals surface area contributed by atoms with Gasteiger partial charge in [0.25, 0.3) is 0 Å². The second kappa shape index (κ2) is 37.4. The maximum Gasteiger partial charge on any atom is 0.306 e. The quantitative estimate of drug-likeness (QED) is 0.0386. The molecule has 1 unspecified atom stereocenters. The van der Waals surface area contributed by atoms with Crippen LogP contribution in [0.4, 0.5) is 0 Å². The van der Waals surface area contributed by atoms with Crippen LogP contribution >= 0.6 is 12.2 Å². The number of carbonyl (C=O) groups is 2. The van der Waals surface area contributed by atoms with Gasteiger partial charge in [0.15, 0.2) is 5.11 Å². The van der Waals surface area contributed by atoms with Crippen molar-refractivity contribution in [1.29, 1.82) is 0 Å². The SMILES string of the molecule is CCCCCCCCC(=O)OCCCCCCCN(CCCCCCCC(=O)OC(CCCCC)CCCCCC)CCCNC(=S)N(C)C. The molecule has 50 heavy (non-hydrogen) atoms. The molecule has 0 bridgehead atoms. The Bertz CT molecular complexity index is 782. The summed E-state index contributed by atoms with van der Waals surface area (Å²) < 4.78 is 11.4. The second-order valence-corrected chi connectivity index (χ2v) is 15.2. The number of esters is 2. The van der Waals surface area contributed by atoms with Crippen LogP contribution in [0, 0.1) is 0 Å². The monoisotopic (exact) mass is 726 g/mol. The van der Waals surface area contributed by atoms with Crippen molar-refractivity contribution in [3.63, 3.8) is 0 Å². The molecule has 1 atom stereocenters. The van der Waals surface area contributed by atoms with Crippen LogP contribution in [0.3, 0.4) is 0 Å². The third kappa shape index (κ3) is 33.7. The van der Waals surface area contributed by atoms with Crippen LogP contribution in [0.25, 0.3) is 0 Å². The minimum Gasteiger partial charge on any atom is -0.466 e. The van der Waals surface area contributed by atoms with Crippen LogP contribution in [0.2, 0.25) is 0 Å². The number of thiocarbonyl (C=S) groups is 1. The van der Waals surface area contributed by atoms with Gasteiger partial charge in [-0.2, -0.15) is 0 Å². The molecule has 0 heterocycles. The van der Waals surface area contributed by atoms with Crippen molar-refractivity contribution in [3.8, 4) is 0 Å². The number of hydrogen-bond donors (Lipinski definition) is 1. The van der Waals surface area contributed by atoms with Crippen LogP contribution in [0.5, 0.6) is 0 Å². The van der Waals surface area contributed by atoms with E-state index in [0.717, 1.165) is 95.5 Å². The maximum absolute atomic E-state index is 12.6. The zero-order chi connectivity index (χ0) is 36.9. The zero-order valence-corrected chi connectivity index (χ0v) is 34.7. The van der Waals surface area contributed by atoms with Crippen LogP contribution in [-0.4, -0.2) is 79.8 Å². The van der Waals surface area contributed by atoms with Gasteiger partial charge in [0.2, 0.25) is 0 Å². The average molecular weight is 726 g/mol. The molecule has 0 aliphatic heterocycles. The number of nitrogens with one attached hydrogen (secondary N) is 1. The van der Waals surface area contributed by atoms with Gasteiger partial charge in [0.05, 0.1) is 6.61 Å². The van der Waals surface area contributed by atoms with Crippen LogP contribution in [-0.2, 0) is 19.1 Å². The fourth-order valence-corrected chi connectivity index (χ4v) is 6.43. The molecule has 7 nitrogen and oxygen atoms in total. The molecule has 0 radical (unpaired) electrons. The molecule has 0 saturated heterocycles. The average Bonchev–Trinajstić information content (AvgIpc) is 3.10. The molecule has 0 aromatic rings. The van der Waals surface area contributed by atoms with Gasteiger partial charge in [-0.1, -0.05) is 124 Å². The largest absolute Gasteiger partial charge is 0.466 e. The number of unbranched alkanes of at least 4 members (excludes halogenated alkanes) is 18. The first-order chi connectivity index (χ1) is 24.3. The molecule has 296 valence electrons. The highest BCUT2D eigenvalue weighted by Crippen LogP contribution is 2.17. The molecule has 0 fully saturated rings. The van der Waals surface area contributed by atoms with Gasteiger partial charge in [0, 0.05) is 33.5 Å². The predicted octanol–water partition coefficient (Wildman–Crippen LogP) is 11.2. The molecule has 0 rings (SSSR count). The summed E-state index contributed by atoms with van der Waals surface area (Å²) in [4.78, 5) is 29.1. The van der Waals surface area contributed by atoms with E-state index in [1.807, 2.05) is 19.0 Å². The molecule has 0 saturated carbocycles. The van der Waals surface area contributed by atoms with E-state index in [-0.39, 0.29) is 18.0 Å². The summed E-state index contributed by atoms with van der Waals surface area (Å²) in [5.74, 6) is -0.00527. The Hall–Kier alpha value is -1.41. The molecule has 8 heteroatoms. The molecule has 0 aromatic heterocycles. The zero-order valence-electron chi connectivity index (χ0n) is 33.8. The van der Waals surface area contributed by atoms with Crippen molar-refractivity contribution in [2.24, 2.45) is 0 Å². The minimum absolute atomic E-state index is 0.0139. The van der Waals surface area contributed by atoms with Crippen LogP contribution in [0.15, 0.2) is 0 Å². The summed E-state index contributed by atoms with van der Waals surface area (Å²) in [6, 6.07) is 0. The lowest BCUT2D eigenvalue weighted by Crippen LogP contribution is -2.36. The molecular formula is C42H83N3O4S. The predicted molar refractivity (Wildman–Crippen MR) is 218 cm³/mol. The highest BCUT2D eigenvalue weighted by molar-refractivity contribution is 7.80. The van der Waals surface area contributed by atoms with E-state index in [1.165, 1.54) is 103 Å². The first kappa shape index (κ1) is 48.6. The standard InChI is InChI=1S/C42H83N3O4S/c1-6-9-12-14-17-24-32-40(46)48-38-28-21-16-20-27-36-45(37-29-34-43-42(50)44(4)5)35-26-19-15-18-25-33-41(47)49-39(30-22-11-8-3)31-23-13-10-7-2/h39H,6-38H2,1-5H3,(H,43,50). The van der Waals surface area contributed by atoms with E-state index in [0.29, 0.717) is 19.4 Å². The Labute approximate surface area is 316 Å². The second-order valence-electron chi connectivity index (χ2n) is 14.8. The van der Waals surface area contributed by atoms with Crippen molar-refractivity contribution < 1.29 is 19.1 Å². The Kier molecular flexibility index (Phi) is 36.3. The Morgan fingerprint density at radius 2 is 1.00 bits per heavy atom. The number of ether oxygens (including phenoxy) is 2. The molecule has 0 spiro atoms. The summed E-state index contributed by atoms with van der Waals surface area (Å²) in [7, 11) is 3.96. The molecule has 0 amide bonds. The highest BCUT2D eigenvalue weighted by Gasteiger charge is 2.14. The van der Waals surface area contributed by atoms with E-state index in [9.17, 15) is 9.59 Å². The number of hydrogen-bond acceptors (Lipinski definition) is 6. The van der Waals surface area contributed by atoms with Gasteiger partial charge in [-0.25, -0.2) is 0 Å². The highest BCUT2D eigenvalue weighted by atomic mass is 32.1. The lowest BCUT2D eigenvalue weighted by Gasteiger charge is -2.23. The van der Waals surface area contributed by atoms with Crippen molar-refractivity contribution in [2.75, 3.05) is 46.9 Å². The first-order valence-corrected chi connectivity index (χ1v) is 21.8. The summed E-state index contributed by atoms with van der Waals surface area (Å²) in [5, 5.41) is 4.16. The smallest absolute Gasteiger partial charge is 0.306 e. The van der Waals surface area contributed by atoms with Gasteiger partial charge in [0.1, 0.15) is 6.10 Å². The fraction of sp³-hybridized carbons (Fsp3) is 0.929. The lowest BCUT2D eigenvalue weighted by atomic mass is 10.0. The fourth-order valence-electron chi connectivity index (χ4n) is 6.33. The third-order valence-electron chi connectivity index (χ3n) is 9.61. The number of nitrogens with zero attached hydrogens (tertiary/aromatic N) is 2. The van der Waals surface area contributed by atoms with E-state index in [4.69, 9.17) is 21.7 Å². The topological polar surface area (TPSA) is 71.1 Å². The van der Waals surface area contributed by atoms with E-state index in [1.54, 1.807) is 0 Å². The number of rotatable bonds is 37. The molecule has 0 aliphatic carbocycles. The lowest BCUT2D eigenvalue weighted by molar-refractivity contribution is -0.150. The van der Waals surface area contributed by atoms with Crippen molar-refractivity contribution >= 4 is 29.3 Å². The summed E-state index contributed by atoms with van der Waals surface area (Å²) in [5.41, 5.74) is 0. The summed E-state index contributed by atoms with van der Waals surface area (Å²) in [6.07, 6.45) is 31.5. The van der Waals surface area contributed by atoms with Crippen LogP contribution in [0.1, 0.15) is 201 Å². The third-order valence-corrected chi connectivity index (χ3v) is 10.1. The van der Waals surface area contributed by atoms with Crippen molar-refractivity contribution in [2.45, 2.75) is 207 Å². The van der Waals surface area contributed by atoms with E-state index >= 15 is 0 Å². The van der Waals surface area contributed by atoms with E-state index < -0.39 is 0 Å². The van der Waals surface area contributed by atoms with Crippen molar-refractivity contribution in [1.82, 2.24) is 15.1 Å². The molecule has 0 aliphatic rings. The Morgan fingerprint density at radius 1 is 0.560 bits per heavy atom. The Balaban J connectivity index is 4.24. The summed E-state index contributed by atoms with van der Waals surface area (Å²) in [6.45, 7) is 11.5. The van der Waals surface area contributed by atoms with Gasteiger partial charge in [-0.3, -0.25) is 9.59 Å². The van der Waals surface area contributed by atoms with Gasteiger partial charge in [-0.15, -0.1) is 0 Å². The van der Waals surface area contributed by atoms with Crippen molar-refractivity contribution in [3.05, 3.63) is 0 Å². The first-order valence-electron chi connectivity index (χ1n) is 21.4. The molecule has 0 aromatic carbocycles. The summed E-state index contributed by atoms with van der Waals surface area (Å²) >= 11 is 5.38. The van der Waals surface area contributed by atoms with Gasteiger partial charge < -0.3 is 24.6 Å². The minimum atomic E-state index is -0.0192. The molecular weight excluding hydrogens is 643 g/mol. The van der Waals surface area contributed by atoms with Gasteiger partial charge >= 0.3 is 11.9 Å². The van der Waals surface area contributed by atoms with E-state index in [2.05, 4.69) is 31.0 Å². The molecule has 1 N–H and O–H groups in total. The van der Waals surface area contributed by atoms with Crippen LogP contribution < -0.4 is 5.32 Å². The number of carbonyl (C=O) groups excluding carboxylic acids is 2. The van der Waals surface area contributed by atoms with Gasteiger partial charge in [-0.05, 0) is 96.1 Å². The Morgan fingerprint density at radius 3 is 1.58 bits per heavy atom. The normalized spacial score (nSPS) is 11.9. The maximum atomic E-state index is 12.6.